The van der Waals surface area contributed by atoms with Crippen molar-refractivity contribution in [3.05, 3.63) is 48.7 Å². The standard InChI is InChI=1S/C13H14N4O/c1-10(18)16-17-12-7-8-13(14-9-12)15-11-5-3-2-4-6-11/h2-9,17H,1H3,(H,14,15)(H,16,18). The Bertz CT molecular complexity index is 510. The van der Waals surface area contributed by atoms with Gasteiger partial charge in [0.15, 0.2) is 0 Å². The van der Waals surface area contributed by atoms with Crippen LogP contribution in [0.2, 0.25) is 0 Å². The van der Waals surface area contributed by atoms with Crippen LogP contribution in [0.3, 0.4) is 0 Å². The Kier molecular flexibility index (Phi) is 3.76. The second kappa shape index (κ2) is 5.67. The van der Waals surface area contributed by atoms with Gasteiger partial charge in [0.05, 0.1) is 11.9 Å². The van der Waals surface area contributed by atoms with E-state index in [4.69, 9.17) is 0 Å². The fraction of sp³-hybridized carbons (Fsp3) is 0.0769. The highest BCUT2D eigenvalue weighted by Gasteiger charge is 1.97. The van der Waals surface area contributed by atoms with Crippen LogP contribution in [0.4, 0.5) is 17.2 Å². The van der Waals surface area contributed by atoms with Gasteiger partial charge in [-0.25, -0.2) is 4.98 Å². The zero-order chi connectivity index (χ0) is 12.8. The lowest BCUT2D eigenvalue weighted by Crippen LogP contribution is -2.26. The van der Waals surface area contributed by atoms with E-state index in [-0.39, 0.29) is 5.91 Å². The Labute approximate surface area is 105 Å². The lowest BCUT2D eigenvalue weighted by Gasteiger charge is -2.08. The van der Waals surface area contributed by atoms with Crippen LogP contribution in [0.5, 0.6) is 0 Å². The van der Waals surface area contributed by atoms with Crippen molar-refractivity contribution >= 4 is 23.1 Å². The molecule has 0 saturated carbocycles. The summed E-state index contributed by atoms with van der Waals surface area (Å²) in [7, 11) is 0. The third kappa shape index (κ3) is 3.48. The van der Waals surface area contributed by atoms with E-state index in [1.807, 2.05) is 42.5 Å². The second-order valence-electron chi connectivity index (χ2n) is 3.73. The molecule has 0 fully saturated rings. The van der Waals surface area contributed by atoms with Crippen LogP contribution in [0, 0.1) is 0 Å². The molecule has 0 bridgehead atoms. The van der Waals surface area contributed by atoms with Crippen LogP contribution in [0.25, 0.3) is 0 Å². The van der Waals surface area contributed by atoms with E-state index in [2.05, 4.69) is 21.2 Å². The van der Waals surface area contributed by atoms with Gasteiger partial charge in [-0.05, 0) is 24.3 Å². The summed E-state index contributed by atoms with van der Waals surface area (Å²) in [4.78, 5) is 14.9. The SMILES string of the molecule is CC(=O)NNc1ccc(Nc2ccccc2)nc1. The molecule has 0 radical (unpaired) electrons. The second-order valence-corrected chi connectivity index (χ2v) is 3.73. The maximum absolute atomic E-state index is 10.7. The Morgan fingerprint density at radius 1 is 1.06 bits per heavy atom. The quantitative estimate of drug-likeness (QED) is 0.720. The normalized spacial score (nSPS) is 9.61. The number of pyridine rings is 1. The van der Waals surface area contributed by atoms with Crippen LogP contribution < -0.4 is 16.2 Å². The summed E-state index contributed by atoms with van der Waals surface area (Å²) in [6, 6.07) is 13.4. The minimum absolute atomic E-state index is 0.151. The van der Waals surface area contributed by atoms with Gasteiger partial charge < -0.3 is 5.32 Å². The summed E-state index contributed by atoms with van der Waals surface area (Å²) in [5.41, 5.74) is 6.93. The monoisotopic (exact) mass is 242 g/mol. The van der Waals surface area contributed by atoms with E-state index in [0.29, 0.717) is 0 Å². The molecule has 0 aliphatic heterocycles. The number of nitrogens with one attached hydrogen (secondary N) is 3. The van der Waals surface area contributed by atoms with Crippen molar-refractivity contribution in [3.63, 3.8) is 0 Å². The number of amides is 1. The minimum Gasteiger partial charge on any atom is -0.340 e. The molecule has 0 spiro atoms. The highest BCUT2D eigenvalue weighted by molar-refractivity contribution is 5.74. The van der Waals surface area contributed by atoms with Crippen LogP contribution in [-0.2, 0) is 4.79 Å². The maximum Gasteiger partial charge on any atom is 0.235 e. The molecule has 0 aliphatic carbocycles. The molecule has 3 N–H and O–H groups in total. The van der Waals surface area contributed by atoms with Gasteiger partial charge in [0.25, 0.3) is 0 Å². The molecule has 2 aromatic rings. The van der Waals surface area contributed by atoms with Crippen molar-refractivity contribution in [1.29, 1.82) is 0 Å². The predicted octanol–water partition coefficient (Wildman–Crippen LogP) is 2.29. The van der Waals surface area contributed by atoms with Gasteiger partial charge in [-0.3, -0.25) is 15.6 Å². The number of aromatic nitrogens is 1. The molecule has 5 nitrogen and oxygen atoms in total. The largest absolute Gasteiger partial charge is 0.340 e. The first-order chi connectivity index (χ1) is 8.74. The topological polar surface area (TPSA) is 66.1 Å². The third-order valence-corrected chi connectivity index (χ3v) is 2.19. The number of hydrogen-bond acceptors (Lipinski definition) is 4. The number of nitrogens with zero attached hydrogens (tertiary/aromatic N) is 1. The van der Waals surface area contributed by atoms with E-state index in [0.717, 1.165) is 17.2 Å². The van der Waals surface area contributed by atoms with Crippen LogP contribution in [0.1, 0.15) is 6.92 Å². The van der Waals surface area contributed by atoms with Crippen molar-refractivity contribution in [2.75, 3.05) is 10.7 Å². The fourth-order valence-electron chi connectivity index (χ4n) is 1.37. The molecule has 1 heterocycles. The van der Waals surface area contributed by atoms with Crippen LogP contribution in [-0.4, -0.2) is 10.9 Å². The molecule has 2 rings (SSSR count). The van der Waals surface area contributed by atoms with Gasteiger partial charge in [-0.1, -0.05) is 18.2 Å². The Morgan fingerprint density at radius 3 is 2.44 bits per heavy atom. The van der Waals surface area contributed by atoms with E-state index < -0.39 is 0 Å². The Hall–Kier alpha value is -2.56. The van der Waals surface area contributed by atoms with E-state index >= 15 is 0 Å². The molecule has 0 saturated heterocycles. The summed E-state index contributed by atoms with van der Waals surface area (Å²) >= 11 is 0. The molecule has 1 amide bonds. The van der Waals surface area contributed by atoms with Crippen molar-refractivity contribution < 1.29 is 4.79 Å². The van der Waals surface area contributed by atoms with E-state index in [1.54, 1.807) is 6.20 Å². The zero-order valence-corrected chi connectivity index (χ0v) is 9.97. The average molecular weight is 242 g/mol. The van der Waals surface area contributed by atoms with Crippen molar-refractivity contribution in [3.8, 4) is 0 Å². The number of rotatable bonds is 4. The fourth-order valence-corrected chi connectivity index (χ4v) is 1.37. The molecular formula is C13H14N4O. The van der Waals surface area contributed by atoms with Gasteiger partial charge in [-0.15, -0.1) is 0 Å². The van der Waals surface area contributed by atoms with Gasteiger partial charge in [-0.2, -0.15) is 0 Å². The summed E-state index contributed by atoms with van der Waals surface area (Å²) < 4.78 is 0. The van der Waals surface area contributed by atoms with Crippen molar-refractivity contribution in [1.82, 2.24) is 10.4 Å². The number of carbonyl (C=O) groups is 1. The van der Waals surface area contributed by atoms with Gasteiger partial charge in [0, 0.05) is 12.6 Å². The van der Waals surface area contributed by atoms with Crippen LogP contribution in [0.15, 0.2) is 48.7 Å². The lowest BCUT2D eigenvalue weighted by atomic mass is 10.3. The lowest BCUT2D eigenvalue weighted by molar-refractivity contribution is -0.118. The molecule has 92 valence electrons. The van der Waals surface area contributed by atoms with E-state index in [9.17, 15) is 4.79 Å². The first-order valence-corrected chi connectivity index (χ1v) is 5.55. The molecule has 1 aromatic heterocycles. The molecule has 18 heavy (non-hydrogen) atoms. The van der Waals surface area contributed by atoms with Crippen molar-refractivity contribution in [2.24, 2.45) is 0 Å². The summed E-state index contributed by atoms with van der Waals surface area (Å²) in [6.45, 7) is 1.44. The van der Waals surface area contributed by atoms with Gasteiger partial charge >= 0.3 is 0 Å². The molecule has 5 heteroatoms. The summed E-state index contributed by atoms with van der Waals surface area (Å²) in [5.74, 6) is 0.594. The molecule has 0 unspecified atom stereocenters. The molecule has 0 atom stereocenters. The number of para-hydroxylation sites is 1. The highest BCUT2D eigenvalue weighted by atomic mass is 16.2. The predicted molar refractivity (Wildman–Crippen MR) is 71.4 cm³/mol. The van der Waals surface area contributed by atoms with E-state index in [1.165, 1.54) is 6.92 Å². The molecule has 0 aliphatic rings. The Morgan fingerprint density at radius 2 is 1.83 bits per heavy atom. The first-order valence-electron chi connectivity index (χ1n) is 5.55. The number of hydrogen-bond donors (Lipinski definition) is 3. The van der Waals surface area contributed by atoms with Crippen molar-refractivity contribution in [2.45, 2.75) is 6.92 Å². The summed E-state index contributed by atoms with van der Waals surface area (Å²) in [6.07, 6.45) is 1.64. The average Bonchev–Trinajstić information content (AvgIpc) is 2.39. The first kappa shape index (κ1) is 11.9. The maximum atomic E-state index is 10.7. The number of anilines is 3. The highest BCUT2D eigenvalue weighted by Crippen LogP contribution is 2.15. The molecular weight excluding hydrogens is 228 g/mol. The van der Waals surface area contributed by atoms with Gasteiger partial charge in [0.1, 0.15) is 5.82 Å². The molecule has 1 aromatic carbocycles. The Balaban J connectivity index is 1.97. The number of carbonyl (C=O) groups excluding carboxylic acids is 1. The van der Waals surface area contributed by atoms with Crippen LogP contribution >= 0.6 is 0 Å². The zero-order valence-electron chi connectivity index (χ0n) is 9.97. The third-order valence-electron chi connectivity index (χ3n) is 2.19. The number of benzene rings is 1. The minimum atomic E-state index is -0.151. The van der Waals surface area contributed by atoms with Gasteiger partial charge in [0.2, 0.25) is 5.91 Å². The summed E-state index contributed by atoms with van der Waals surface area (Å²) in [5, 5.41) is 3.17. The smallest absolute Gasteiger partial charge is 0.235 e. The number of hydrazine groups is 1.